The first-order valence-corrected chi connectivity index (χ1v) is 8.17. The third kappa shape index (κ3) is 2.89. The SMILES string of the molecule is Cc1ccc(-c2nc3cc(C)c(C)cc3n2CCCO)cc1C. The molecule has 3 aromatic rings. The molecule has 0 atom stereocenters. The summed E-state index contributed by atoms with van der Waals surface area (Å²) < 4.78 is 2.24. The molecule has 23 heavy (non-hydrogen) atoms. The van der Waals surface area contributed by atoms with Crippen LogP contribution >= 0.6 is 0 Å². The van der Waals surface area contributed by atoms with E-state index in [9.17, 15) is 5.11 Å². The van der Waals surface area contributed by atoms with Crippen molar-refractivity contribution in [1.82, 2.24) is 9.55 Å². The Morgan fingerprint density at radius 2 is 1.61 bits per heavy atom. The van der Waals surface area contributed by atoms with Crippen LogP contribution in [0.4, 0.5) is 0 Å². The highest BCUT2D eigenvalue weighted by Gasteiger charge is 2.14. The van der Waals surface area contributed by atoms with E-state index in [2.05, 4.69) is 62.6 Å². The van der Waals surface area contributed by atoms with E-state index >= 15 is 0 Å². The van der Waals surface area contributed by atoms with Crippen molar-refractivity contribution in [2.45, 2.75) is 40.7 Å². The summed E-state index contributed by atoms with van der Waals surface area (Å²) in [5.74, 6) is 0.988. The van der Waals surface area contributed by atoms with Gasteiger partial charge in [0, 0.05) is 18.7 Å². The summed E-state index contributed by atoms with van der Waals surface area (Å²) in [7, 11) is 0. The van der Waals surface area contributed by atoms with E-state index in [0.29, 0.717) is 0 Å². The van der Waals surface area contributed by atoms with Crippen molar-refractivity contribution in [3.05, 3.63) is 52.6 Å². The lowest BCUT2D eigenvalue weighted by Gasteiger charge is -2.10. The summed E-state index contributed by atoms with van der Waals surface area (Å²) in [5, 5.41) is 9.24. The van der Waals surface area contributed by atoms with Crippen molar-refractivity contribution in [1.29, 1.82) is 0 Å². The second-order valence-electron chi connectivity index (χ2n) is 6.39. The molecule has 0 saturated heterocycles. The molecule has 1 N–H and O–H groups in total. The number of benzene rings is 2. The van der Waals surface area contributed by atoms with Crippen molar-refractivity contribution >= 4 is 11.0 Å². The van der Waals surface area contributed by atoms with E-state index in [1.807, 2.05) is 0 Å². The van der Waals surface area contributed by atoms with Crippen LogP contribution in [-0.2, 0) is 6.54 Å². The molecular formula is C20H24N2O. The maximum atomic E-state index is 9.24. The third-order valence-electron chi connectivity index (χ3n) is 4.67. The summed E-state index contributed by atoms with van der Waals surface area (Å²) in [4.78, 5) is 4.89. The molecule has 0 spiro atoms. The van der Waals surface area contributed by atoms with Gasteiger partial charge in [-0.05, 0) is 74.6 Å². The number of hydrogen-bond acceptors (Lipinski definition) is 2. The zero-order valence-electron chi connectivity index (χ0n) is 14.3. The molecular weight excluding hydrogens is 284 g/mol. The standard InChI is InChI=1S/C20H24N2O/c1-13-6-7-17(10-14(13)2)20-21-18-11-15(3)16(4)12-19(18)22(20)8-5-9-23/h6-7,10-12,23H,5,8-9H2,1-4H3. The molecule has 3 heteroatoms. The zero-order chi connectivity index (χ0) is 16.6. The summed E-state index contributed by atoms with van der Waals surface area (Å²) >= 11 is 0. The van der Waals surface area contributed by atoms with Crippen molar-refractivity contribution in [2.24, 2.45) is 0 Å². The highest BCUT2D eigenvalue weighted by molar-refractivity contribution is 5.82. The van der Waals surface area contributed by atoms with Gasteiger partial charge in [-0.1, -0.05) is 12.1 Å². The lowest BCUT2D eigenvalue weighted by Crippen LogP contribution is -2.03. The van der Waals surface area contributed by atoms with Gasteiger partial charge in [0.05, 0.1) is 11.0 Å². The van der Waals surface area contributed by atoms with Gasteiger partial charge >= 0.3 is 0 Å². The summed E-state index contributed by atoms with van der Waals surface area (Å²) in [6.07, 6.45) is 0.732. The Morgan fingerprint density at radius 1 is 0.913 bits per heavy atom. The number of fused-ring (bicyclic) bond motifs is 1. The van der Waals surface area contributed by atoms with Gasteiger partial charge in [0.25, 0.3) is 0 Å². The van der Waals surface area contributed by atoms with Gasteiger partial charge in [-0.2, -0.15) is 0 Å². The van der Waals surface area contributed by atoms with E-state index in [1.165, 1.54) is 22.3 Å². The molecule has 0 aliphatic rings. The van der Waals surface area contributed by atoms with Crippen molar-refractivity contribution in [3.8, 4) is 11.4 Å². The third-order valence-corrected chi connectivity index (χ3v) is 4.67. The number of nitrogens with zero attached hydrogens (tertiary/aromatic N) is 2. The summed E-state index contributed by atoms with van der Waals surface area (Å²) in [5.41, 5.74) is 8.41. The fourth-order valence-corrected chi connectivity index (χ4v) is 2.94. The molecule has 2 aromatic carbocycles. The van der Waals surface area contributed by atoms with Crippen molar-refractivity contribution in [3.63, 3.8) is 0 Å². The number of aromatic nitrogens is 2. The minimum Gasteiger partial charge on any atom is -0.396 e. The van der Waals surface area contributed by atoms with Crippen LogP contribution in [0, 0.1) is 27.7 Å². The average molecular weight is 308 g/mol. The number of aliphatic hydroxyl groups is 1. The van der Waals surface area contributed by atoms with Gasteiger partial charge in [0.15, 0.2) is 0 Å². The molecule has 3 nitrogen and oxygen atoms in total. The summed E-state index contributed by atoms with van der Waals surface area (Å²) in [6.45, 7) is 9.48. The minimum absolute atomic E-state index is 0.191. The summed E-state index contributed by atoms with van der Waals surface area (Å²) in [6, 6.07) is 10.9. The second-order valence-corrected chi connectivity index (χ2v) is 6.39. The van der Waals surface area contributed by atoms with Crippen molar-refractivity contribution in [2.75, 3.05) is 6.61 Å². The second kappa shape index (κ2) is 6.17. The van der Waals surface area contributed by atoms with Gasteiger partial charge in [-0.25, -0.2) is 4.98 Å². The van der Waals surface area contributed by atoms with Crippen LogP contribution in [0.25, 0.3) is 22.4 Å². The molecule has 0 radical (unpaired) electrons. The van der Waals surface area contributed by atoms with Gasteiger partial charge in [-0.3, -0.25) is 0 Å². The normalized spacial score (nSPS) is 11.3. The van der Waals surface area contributed by atoms with Crippen LogP contribution in [0.5, 0.6) is 0 Å². The molecule has 0 aliphatic heterocycles. The Balaban J connectivity index is 2.23. The predicted octanol–water partition coefficient (Wildman–Crippen LogP) is 4.32. The average Bonchev–Trinajstić information content (AvgIpc) is 2.86. The minimum atomic E-state index is 0.191. The first-order valence-electron chi connectivity index (χ1n) is 8.17. The maximum Gasteiger partial charge on any atom is 0.141 e. The van der Waals surface area contributed by atoms with Gasteiger partial charge in [-0.15, -0.1) is 0 Å². The van der Waals surface area contributed by atoms with E-state index in [-0.39, 0.29) is 6.61 Å². The van der Waals surface area contributed by atoms with Crippen molar-refractivity contribution < 1.29 is 5.11 Å². The smallest absolute Gasteiger partial charge is 0.141 e. The fraction of sp³-hybridized carbons (Fsp3) is 0.350. The number of aryl methyl sites for hydroxylation is 5. The Bertz CT molecular complexity index is 862. The molecule has 1 heterocycles. The van der Waals surface area contributed by atoms with Crippen LogP contribution in [0.2, 0.25) is 0 Å². The van der Waals surface area contributed by atoms with E-state index in [4.69, 9.17) is 4.98 Å². The molecule has 0 fully saturated rings. The zero-order valence-corrected chi connectivity index (χ0v) is 14.3. The number of imidazole rings is 1. The van der Waals surface area contributed by atoms with Crippen LogP contribution in [0.15, 0.2) is 30.3 Å². The lowest BCUT2D eigenvalue weighted by molar-refractivity contribution is 0.281. The van der Waals surface area contributed by atoms with Crippen LogP contribution in [0.3, 0.4) is 0 Å². The van der Waals surface area contributed by atoms with Crippen LogP contribution < -0.4 is 0 Å². The molecule has 0 amide bonds. The largest absolute Gasteiger partial charge is 0.396 e. The molecule has 0 bridgehead atoms. The molecule has 1 aromatic heterocycles. The predicted molar refractivity (Wildman–Crippen MR) is 95.8 cm³/mol. The maximum absolute atomic E-state index is 9.24. The number of hydrogen-bond donors (Lipinski definition) is 1. The van der Waals surface area contributed by atoms with Gasteiger partial charge in [0.1, 0.15) is 5.82 Å². The highest BCUT2D eigenvalue weighted by atomic mass is 16.3. The quantitative estimate of drug-likeness (QED) is 0.779. The topological polar surface area (TPSA) is 38.0 Å². The monoisotopic (exact) mass is 308 g/mol. The number of aliphatic hydroxyl groups excluding tert-OH is 1. The number of rotatable bonds is 4. The highest BCUT2D eigenvalue weighted by Crippen LogP contribution is 2.28. The van der Waals surface area contributed by atoms with E-state index in [0.717, 1.165) is 35.4 Å². The van der Waals surface area contributed by atoms with E-state index in [1.54, 1.807) is 0 Å². The molecule has 0 aliphatic carbocycles. The Morgan fingerprint density at radius 3 is 2.30 bits per heavy atom. The van der Waals surface area contributed by atoms with Crippen LogP contribution in [-0.4, -0.2) is 21.3 Å². The molecule has 3 rings (SSSR count). The Hall–Kier alpha value is -2.13. The van der Waals surface area contributed by atoms with Crippen LogP contribution in [0.1, 0.15) is 28.7 Å². The Kier molecular flexibility index (Phi) is 4.22. The first kappa shape index (κ1) is 15.8. The molecule has 120 valence electrons. The molecule has 0 unspecified atom stereocenters. The first-order chi connectivity index (χ1) is 11.0. The van der Waals surface area contributed by atoms with Gasteiger partial charge in [0.2, 0.25) is 0 Å². The molecule has 0 saturated carbocycles. The van der Waals surface area contributed by atoms with E-state index < -0.39 is 0 Å². The fourth-order valence-electron chi connectivity index (χ4n) is 2.94. The lowest BCUT2D eigenvalue weighted by atomic mass is 10.1. The Labute approximate surface area is 137 Å². The van der Waals surface area contributed by atoms with Gasteiger partial charge < -0.3 is 9.67 Å².